The quantitative estimate of drug-likeness (QED) is 0.379. The van der Waals surface area contributed by atoms with Crippen LogP contribution in [-0.2, 0) is 6.54 Å². The summed E-state index contributed by atoms with van der Waals surface area (Å²) in [4.78, 5) is 6.93. The second-order valence-electron chi connectivity index (χ2n) is 7.02. The van der Waals surface area contributed by atoms with Gasteiger partial charge < -0.3 is 25.0 Å². The molecular formula is C20H33IN4O2. The number of nitrogens with zero attached hydrogens (tertiary/aromatic N) is 2. The van der Waals surface area contributed by atoms with Gasteiger partial charge in [-0.25, -0.2) is 0 Å². The molecular weight excluding hydrogens is 455 g/mol. The number of nitrogens with one attached hydrogen (secondary N) is 2. The van der Waals surface area contributed by atoms with E-state index in [1.165, 1.54) is 38.9 Å². The van der Waals surface area contributed by atoms with Crippen LogP contribution in [0.4, 0.5) is 0 Å². The third-order valence-corrected chi connectivity index (χ3v) is 4.96. The van der Waals surface area contributed by atoms with E-state index in [0.717, 1.165) is 36.0 Å². The van der Waals surface area contributed by atoms with Gasteiger partial charge in [0, 0.05) is 39.1 Å². The topological polar surface area (TPSA) is 58.1 Å². The monoisotopic (exact) mass is 488 g/mol. The van der Waals surface area contributed by atoms with Crippen molar-refractivity contribution in [2.75, 3.05) is 39.9 Å². The number of aliphatic imine (C=N–C) groups is 1. The summed E-state index contributed by atoms with van der Waals surface area (Å²) in [7, 11) is 1.83. The van der Waals surface area contributed by atoms with E-state index in [4.69, 9.17) is 9.47 Å². The SMILES string of the molecule is CCCN1CCC(NC(=NC)NCc2ccc3c(c2)OCCCO3)CC1.I. The van der Waals surface area contributed by atoms with Crippen molar-refractivity contribution < 1.29 is 9.47 Å². The van der Waals surface area contributed by atoms with Crippen molar-refractivity contribution in [2.45, 2.75) is 45.2 Å². The fourth-order valence-corrected chi connectivity index (χ4v) is 3.51. The molecule has 0 saturated carbocycles. The van der Waals surface area contributed by atoms with Crippen molar-refractivity contribution in [1.29, 1.82) is 0 Å². The Kier molecular flexibility index (Phi) is 9.47. The third-order valence-electron chi connectivity index (χ3n) is 4.96. The van der Waals surface area contributed by atoms with E-state index in [1.54, 1.807) is 0 Å². The van der Waals surface area contributed by atoms with E-state index in [9.17, 15) is 0 Å². The van der Waals surface area contributed by atoms with Crippen LogP contribution in [0.3, 0.4) is 0 Å². The first-order valence-electron chi connectivity index (χ1n) is 9.86. The molecule has 0 spiro atoms. The summed E-state index contributed by atoms with van der Waals surface area (Å²) >= 11 is 0. The molecule has 1 aromatic carbocycles. The van der Waals surface area contributed by atoms with Crippen LogP contribution in [0, 0.1) is 0 Å². The molecule has 1 fully saturated rings. The number of hydrogen-bond donors (Lipinski definition) is 2. The average Bonchev–Trinajstić information content (AvgIpc) is 2.91. The Labute approximate surface area is 180 Å². The van der Waals surface area contributed by atoms with Gasteiger partial charge in [0.2, 0.25) is 0 Å². The van der Waals surface area contributed by atoms with Crippen LogP contribution in [0.1, 0.15) is 38.2 Å². The Balaban J connectivity index is 0.00000261. The Morgan fingerprint density at radius 1 is 1.19 bits per heavy atom. The first-order chi connectivity index (χ1) is 12.8. The molecule has 2 aliphatic heterocycles. The van der Waals surface area contributed by atoms with Gasteiger partial charge >= 0.3 is 0 Å². The summed E-state index contributed by atoms with van der Waals surface area (Å²) < 4.78 is 11.5. The minimum absolute atomic E-state index is 0. The van der Waals surface area contributed by atoms with Gasteiger partial charge in [0.15, 0.2) is 17.5 Å². The minimum Gasteiger partial charge on any atom is -0.490 e. The maximum absolute atomic E-state index is 5.77. The van der Waals surface area contributed by atoms with Crippen LogP contribution in [0.15, 0.2) is 23.2 Å². The fourth-order valence-electron chi connectivity index (χ4n) is 3.51. The number of likely N-dealkylation sites (tertiary alicyclic amines) is 1. The highest BCUT2D eigenvalue weighted by molar-refractivity contribution is 14.0. The molecule has 0 amide bonds. The van der Waals surface area contributed by atoms with Gasteiger partial charge in [-0.1, -0.05) is 13.0 Å². The summed E-state index contributed by atoms with van der Waals surface area (Å²) in [5.74, 6) is 2.55. The molecule has 3 rings (SSSR count). The van der Waals surface area contributed by atoms with Crippen LogP contribution >= 0.6 is 24.0 Å². The van der Waals surface area contributed by atoms with Crippen molar-refractivity contribution in [3.63, 3.8) is 0 Å². The Hall–Kier alpha value is -1.22. The highest BCUT2D eigenvalue weighted by Crippen LogP contribution is 2.30. The molecule has 2 heterocycles. The molecule has 1 saturated heterocycles. The number of rotatable bonds is 5. The number of halogens is 1. The van der Waals surface area contributed by atoms with E-state index in [0.29, 0.717) is 19.2 Å². The van der Waals surface area contributed by atoms with Gasteiger partial charge in [-0.15, -0.1) is 24.0 Å². The number of benzene rings is 1. The number of fused-ring (bicyclic) bond motifs is 1. The van der Waals surface area contributed by atoms with Crippen molar-refractivity contribution in [1.82, 2.24) is 15.5 Å². The third kappa shape index (κ3) is 6.71. The highest BCUT2D eigenvalue weighted by Gasteiger charge is 2.19. The molecule has 152 valence electrons. The van der Waals surface area contributed by atoms with Crippen molar-refractivity contribution in [3.05, 3.63) is 23.8 Å². The van der Waals surface area contributed by atoms with Gasteiger partial charge in [0.25, 0.3) is 0 Å². The van der Waals surface area contributed by atoms with E-state index in [-0.39, 0.29) is 24.0 Å². The highest BCUT2D eigenvalue weighted by atomic mass is 127. The molecule has 0 aromatic heterocycles. The standard InChI is InChI=1S/C20H32N4O2.HI/c1-3-9-24-10-7-17(8-11-24)23-20(21-2)22-15-16-5-6-18-19(14-16)26-13-4-12-25-18;/h5-6,14,17H,3-4,7-13,15H2,1-2H3,(H2,21,22,23);1H. The summed E-state index contributed by atoms with van der Waals surface area (Å²) in [5.41, 5.74) is 1.16. The second-order valence-corrected chi connectivity index (χ2v) is 7.02. The smallest absolute Gasteiger partial charge is 0.191 e. The zero-order valence-corrected chi connectivity index (χ0v) is 18.8. The lowest BCUT2D eigenvalue weighted by Crippen LogP contribution is -2.48. The summed E-state index contributed by atoms with van der Waals surface area (Å²) in [6.07, 6.45) is 4.50. The minimum atomic E-state index is 0. The van der Waals surface area contributed by atoms with Crippen LogP contribution in [0.5, 0.6) is 11.5 Å². The van der Waals surface area contributed by atoms with E-state index >= 15 is 0 Å². The molecule has 0 radical (unpaired) electrons. The Morgan fingerprint density at radius 2 is 1.93 bits per heavy atom. The molecule has 0 aliphatic carbocycles. The number of hydrogen-bond acceptors (Lipinski definition) is 4. The second kappa shape index (κ2) is 11.6. The molecule has 0 unspecified atom stereocenters. The molecule has 27 heavy (non-hydrogen) atoms. The predicted molar refractivity (Wildman–Crippen MR) is 121 cm³/mol. The lowest BCUT2D eigenvalue weighted by molar-refractivity contribution is 0.206. The maximum Gasteiger partial charge on any atom is 0.191 e. The van der Waals surface area contributed by atoms with Crippen LogP contribution < -0.4 is 20.1 Å². The molecule has 6 nitrogen and oxygen atoms in total. The van der Waals surface area contributed by atoms with Crippen molar-refractivity contribution in [2.24, 2.45) is 4.99 Å². The van der Waals surface area contributed by atoms with E-state index < -0.39 is 0 Å². The first kappa shape index (κ1) is 22.1. The largest absolute Gasteiger partial charge is 0.490 e. The van der Waals surface area contributed by atoms with Gasteiger partial charge in [-0.2, -0.15) is 0 Å². The van der Waals surface area contributed by atoms with E-state index in [1.807, 2.05) is 13.1 Å². The number of guanidine groups is 1. The van der Waals surface area contributed by atoms with Gasteiger partial charge in [-0.05, 0) is 43.5 Å². The normalized spacial score (nSPS) is 18.4. The molecule has 2 aliphatic rings. The molecule has 2 N–H and O–H groups in total. The lowest BCUT2D eigenvalue weighted by atomic mass is 10.1. The predicted octanol–water partition coefficient (Wildman–Crippen LogP) is 3.01. The lowest BCUT2D eigenvalue weighted by Gasteiger charge is -2.32. The zero-order chi connectivity index (χ0) is 18.2. The molecule has 1 aromatic rings. The van der Waals surface area contributed by atoms with Crippen molar-refractivity contribution >= 4 is 29.9 Å². The Bertz CT molecular complexity index is 604. The molecule has 0 atom stereocenters. The van der Waals surface area contributed by atoms with E-state index in [2.05, 4.69) is 39.6 Å². The van der Waals surface area contributed by atoms with Crippen molar-refractivity contribution in [3.8, 4) is 11.5 Å². The van der Waals surface area contributed by atoms with Crippen LogP contribution in [-0.4, -0.2) is 56.8 Å². The number of piperidine rings is 1. The zero-order valence-electron chi connectivity index (χ0n) is 16.5. The van der Waals surface area contributed by atoms with Crippen LogP contribution in [0.2, 0.25) is 0 Å². The summed E-state index contributed by atoms with van der Waals surface area (Å²) in [6, 6.07) is 6.64. The Morgan fingerprint density at radius 3 is 2.63 bits per heavy atom. The van der Waals surface area contributed by atoms with Crippen LogP contribution in [0.25, 0.3) is 0 Å². The summed E-state index contributed by atoms with van der Waals surface area (Å²) in [5, 5.41) is 6.99. The molecule has 7 heteroatoms. The first-order valence-corrected chi connectivity index (χ1v) is 9.86. The maximum atomic E-state index is 5.77. The number of ether oxygens (including phenoxy) is 2. The average molecular weight is 488 g/mol. The summed E-state index contributed by atoms with van der Waals surface area (Å²) in [6.45, 7) is 7.95. The molecule has 0 bridgehead atoms. The fraction of sp³-hybridized carbons (Fsp3) is 0.650. The van der Waals surface area contributed by atoms with Gasteiger partial charge in [-0.3, -0.25) is 4.99 Å². The van der Waals surface area contributed by atoms with Gasteiger partial charge in [0.05, 0.1) is 13.2 Å². The van der Waals surface area contributed by atoms with Gasteiger partial charge in [0.1, 0.15) is 0 Å².